The van der Waals surface area contributed by atoms with Gasteiger partial charge in [0, 0.05) is 17.5 Å². The summed E-state index contributed by atoms with van der Waals surface area (Å²) in [5.41, 5.74) is 1.47. The maximum absolute atomic E-state index is 12.5. The van der Waals surface area contributed by atoms with E-state index in [4.69, 9.17) is 0 Å². The van der Waals surface area contributed by atoms with Crippen molar-refractivity contribution >= 4 is 22.6 Å². The topological polar surface area (TPSA) is 101 Å². The molecular formula is C19H20N4O3. The predicted octanol–water partition coefficient (Wildman–Crippen LogP) is 3.72. The summed E-state index contributed by atoms with van der Waals surface area (Å²) in [6.07, 6.45) is 0. The fourth-order valence-electron chi connectivity index (χ4n) is 2.57. The predicted molar refractivity (Wildman–Crippen MR) is 98.6 cm³/mol. The van der Waals surface area contributed by atoms with E-state index in [2.05, 4.69) is 15.3 Å². The Balaban J connectivity index is 2.05. The molecular weight excluding hydrogens is 332 g/mol. The largest absolute Gasteiger partial charge is 0.342 e. The van der Waals surface area contributed by atoms with Crippen LogP contribution in [0.2, 0.25) is 0 Å². The van der Waals surface area contributed by atoms with Crippen molar-refractivity contribution in [3.63, 3.8) is 0 Å². The van der Waals surface area contributed by atoms with E-state index in [-0.39, 0.29) is 11.6 Å². The van der Waals surface area contributed by atoms with Gasteiger partial charge >= 0.3 is 0 Å². The quantitative estimate of drug-likeness (QED) is 0.552. The normalized spacial score (nSPS) is 12.7. The number of nitro benzene ring substituents is 1. The number of rotatable bonds is 4. The summed E-state index contributed by atoms with van der Waals surface area (Å²) in [5.74, 6) is 0.419. The average Bonchev–Trinajstić information content (AvgIpc) is 3.02. The Labute approximate surface area is 150 Å². The molecule has 7 heteroatoms. The Kier molecular flexibility index (Phi) is 4.46. The fourth-order valence-corrected chi connectivity index (χ4v) is 2.57. The highest BCUT2D eigenvalue weighted by atomic mass is 16.6. The van der Waals surface area contributed by atoms with Gasteiger partial charge in [0.25, 0.3) is 5.69 Å². The lowest BCUT2D eigenvalue weighted by Crippen LogP contribution is -2.38. The van der Waals surface area contributed by atoms with E-state index in [1.54, 1.807) is 6.07 Å². The van der Waals surface area contributed by atoms with E-state index in [0.717, 1.165) is 5.56 Å². The first-order valence-corrected chi connectivity index (χ1v) is 8.25. The number of benzene rings is 2. The molecule has 0 saturated carbocycles. The third kappa shape index (κ3) is 3.56. The number of aromatic amines is 1. The third-order valence-electron chi connectivity index (χ3n) is 4.06. The molecule has 1 atom stereocenters. The molecule has 0 fully saturated rings. The second-order valence-electron chi connectivity index (χ2n) is 7.15. The van der Waals surface area contributed by atoms with Crippen LogP contribution >= 0.6 is 0 Å². The number of nitro groups is 1. The highest BCUT2D eigenvalue weighted by molar-refractivity contribution is 5.82. The fraction of sp³-hybridized carbons (Fsp3) is 0.263. The van der Waals surface area contributed by atoms with E-state index in [1.807, 2.05) is 51.1 Å². The van der Waals surface area contributed by atoms with Crippen molar-refractivity contribution in [3.8, 4) is 0 Å². The van der Waals surface area contributed by atoms with Gasteiger partial charge in [0.1, 0.15) is 11.9 Å². The number of nitrogens with zero attached hydrogens (tertiary/aromatic N) is 2. The van der Waals surface area contributed by atoms with Gasteiger partial charge in [0.2, 0.25) is 5.91 Å². The molecule has 2 aromatic carbocycles. The Morgan fingerprint density at radius 3 is 2.50 bits per heavy atom. The maximum atomic E-state index is 12.5. The molecule has 0 spiro atoms. The minimum absolute atomic E-state index is 0.0114. The van der Waals surface area contributed by atoms with Crippen LogP contribution in [0.25, 0.3) is 11.0 Å². The molecule has 7 nitrogen and oxygen atoms in total. The first kappa shape index (κ1) is 17.6. The molecule has 0 saturated heterocycles. The lowest BCUT2D eigenvalue weighted by atomic mass is 9.94. The van der Waals surface area contributed by atoms with Gasteiger partial charge in [-0.3, -0.25) is 14.9 Å². The smallest absolute Gasteiger partial charge is 0.271 e. The van der Waals surface area contributed by atoms with Gasteiger partial charge in [0.05, 0.1) is 16.0 Å². The minimum atomic E-state index is -0.558. The Hall–Kier alpha value is -3.22. The van der Waals surface area contributed by atoms with Crippen molar-refractivity contribution < 1.29 is 9.72 Å². The van der Waals surface area contributed by atoms with Crippen molar-refractivity contribution in [2.75, 3.05) is 0 Å². The lowest BCUT2D eigenvalue weighted by Gasteiger charge is -2.23. The van der Waals surface area contributed by atoms with Crippen LogP contribution in [-0.2, 0) is 4.79 Å². The zero-order chi connectivity index (χ0) is 18.9. The summed E-state index contributed by atoms with van der Waals surface area (Å²) in [6.45, 7) is 5.52. The number of H-pyrrole nitrogens is 1. The summed E-state index contributed by atoms with van der Waals surface area (Å²) >= 11 is 0. The number of aromatic nitrogens is 2. The molecule has 3 rings (SSSR count). The Morgan fingerprint density at radius 2 is 1.88 bits per heavy atom. The molecule has 1 unspecified atom stereocenters. The molecule has 3 aromatic rings. The first-order valence-electron chi connectivity index (χ1n) is 8.25. The number of hydrogen-bond donors (Lipinski definition) is 2. The van der Waals surface area contributed by atoms with Crippen LogP contribution in [0.1, 0.15) is 38.2 Å². The Morgan fingerprint density at radius 1 is 1.19 bits per heavy atom. The Bertz CT molecular complexity index is 958. The summed E-state index contributed by atoms with van der Waals surface area (Å²) in [5, 5.41) is 14.0. The molecule has 1 amide bonds. The van der Waals surface area contributed by atoms with Crippen LogP contribution in [-0.4, -0.2) is 20.8 Å². The minimum Gasteiger partial charge on any atom is -0.342 e. The molecule has 0 aliphatic carbocycles. The summed E-state index contributed by atoms with van der Waals surface area (Å²) in [7, 11) is 0. The van der Waals surface area contributed by atoms with Crippen molar-refractivity contribution in [1.29, 1.82) is 0 Å². The molecule has 0 aliphatic heterocycles. The number of hydrogen-bond acceptors (Lipinski definition) is 4. The van der Waals surface area contributed by atoms with Gasteiger partial charge in [-0.05, 0) is 11.6 Å². The highest BCUT2D eigenvalue weighted by Gasteiger charge is 2.27. The van der Waals surface area contributed by atoms with Gasteiger partial charge in [-0.1, -0.05) is 51.1 Å². The summed E-state index contributed by atoms with van der Waals surface area (Å²) < 4.78 is 0. The standard InChI is InChI=1S/C19H20N4O3/c1-19(2,3)18(24)22-16(12-7-5-4-6-8-12)17-20-14-10-9-13(23(25)26)11-15(14)21-17/h4-11,16H,1-3H3,(H,20,21)(H,22,24). The van der Waals surface area contributed by atoms with Crippen LogP contribution in [0.5, 0.6) is 0 Å². The van der Waals surface area contributed by atoms with E-state index in [1.165, 1.54) is 12.1 Å². The number of non-ortho nitro benzene ring substituents is 1. The highest BCUT2D eigenvalue weighted by Crippen LogP contribution is 2.26. The number of imidazole rings is 1. The van der Waals surface area contributed by atoms with Crippen LogP contribution in [0.15, 0.2) is 48.5 Å². The van der Waals surface area contributed by atoms with Crippen LogP contribution in [0.3, 0.4) is 0 Å². The van der Waals surface area contributed by atoms with Crippen molar-refractivity contribution in [2.24, 2.45) is 5.41 Å². The second-order valence-corrected chi connectivity index (χ2v) is 7.15. The summed E-state index contributed by atoms with van der Waals surface area (Å²) in [6, 6.07) is 13.5. The van der Waals surface area contributed by atoms with E-state index >= 15 is 0 Å². The van der Waals surface area contributed by atoms with E-state index in [0.29, 0.717) is 16.9 Å². The third-order valence-corrected chi connectivity index (χ3v) is 4.06. The molecule has 0 aliphatic rings. The number of carbonyl (C=O) groups is 1. The van der Waals surface area contributed by atoms with Gasteiger partial charge in [-0.2, -0.15) is 0 Å². The number of amides is 1. The van der Waals surface area contributed by atoms with Gasteiger partial charge in [-0.15, -0.1) is 0 Å². The maximum Gasteiger partial charge on any atom is 0.271 e. The van der Waals surface area contributed by atoms with Gasteiger partial charge < -0.3 is 10.3 Å². The van der Waals surface area contributed by atoms with Crippen molar-refractivity contribution in [2.45, 2.75) is 26.8 Å². The number of carbonyl (C=O) groups excluding carboxylic acids is 1. The monoisotopic (exact) mass is 352 g/mol. The van der Waals surface area contributed by atoms with Crippen LogP contribution < -0.4 is 5.32 Å². The molecule has 0 bridgehead atoms. The molecule has 134 valence electrons. The molecule has 1 aromatic heterocycles. The zero-order valence-electron chi connectivity index (χ0n) is 14.8. The van der Waals surface area contributed by atoms with E-state index < -0.39 is 16.4 Å². The molecule has 1 heterocycles. The first-order chi connectivity index (χ1) is 12.3. The van der Waals surface area contributed by atoms with Crippen LogP contribution in [0.4, 0.5) is 5.69 Å². The SMILES string of the molecule is CC(C)(C)C(=O)NC(c1ccccc1)c1nc2ccc([N+](=O)[O-])cc2[nH]1. The average molecular weight is 352 g/mol. The molecule has 0 radical (unpaired) electrons. The number of fused-ring (bicyclic) bond motifs is 1. The van der Waals surface area contributed by atoms with Crippen molar-refractivity contribution in [1.82, 2.24) is 15.3 Å². The summed E-state index contributed by atoms with van der Waals surface area (Å²) in [4.78, 5) is 30.7. The van der Waals surface area contributed by atoms with Crippen LogP contribution in [0, 0.1) is 15.5 Å². The van der Waals surface area contributed by atoms with Gasteiger partial charge in [-0.25, -0.2) is 4.98 Å². The zero-order valence-corrected chi connectivity index (χ0v) is 14.8. The second kappa shape index (κ2) is 6.59. The van der Waals surface area contributed by atoms with E-state index in [9.17, 15) is 14.9 Å². The molecule has 2 N–H and O–H groups in total. The lowest BCUT2D eigenvalue weighted by molar-refractivity contribution is -0.384. The van der Waals surface area contributed by atoms with Crippen molar-refractivity contribution in [3.05, 3.63) is 70.0 Å². The van der Waals surface area contributed by atoms with Gasteiger partial charge in [0.15, 0.2) is 0 Å². The molecule has 26 heavy (non-hydrogen) atoms. The number of nitrogens with one attached hydrogen (secondary N) is 2.